The molecule has 0 unspecified atom stereocenters. The molecule has 2 fully saturated rings. The quantitative estimate of drug-likeness (QED) is 0.754. The molecule has 112 valence electrons. The monoisotopic (exact) mass is 266 g/mol. The highest BCUT2D eigenvalue weighted by atomic mass is 15.2. The predicted molar refractivity (Wildman–Crippen MR) is 83.5 cm³/mol. The van der Waals surface area contributed by atoms with Crippen molar-refractivity contribution in [1.29, 1.82) is 0 Å². The lowest BCUT2D eigenvalue weighted by Crippen LogP contribution is -2.50. The topological polar surface area (TPSA) is 15.3 Å². The molecule has 0 bridgehead atoms. The maximum atomic E-state index is 3.82. The molecular formula is C17H34N2. The molecule has 1 N–H and O–H groups in total. The lowest BCUT2D eigenvalue weighted by molar-refractivity contribution is 0.0561. The average molecular weight is 266 g/mol. The highest BCUT2D eigenvalue weighted by Gasteiger charge is 2.37. The third-order valence-corrected chi connectivity index (χ3v) is 5.73. The maximum Gasteiger partial charge on any atom is 0.0147 e. The molecule has 2 aliphatic carbocycles. The zero-order chi connectivity index (χ0) is 13.9. The summed E-state index contributed by atoms with van der Waals surface area (Å²) in [4.78, 5) is 2.62. The van der Waals surface area contributed by atoms with E-state index in [2.05, 4.69) is 38.0 Å². The van der Waals surface area contributed by atoms with Crippen molar-refractivity contribution < 1.29 is 0 Å². The van der Waals surface area contributed by atoms with Gasteiger partial charge in [0.25, 0.3) is 0 Å². The van der Waals surface area contributed by atoms with Crippen LogP contribution in [0.15, 0.2) is 0 Å². The van der Waals surface area contributed by atoms with Gasteiger partial charge in [-0.05, 0) is 58.4 Å². The van der Waals surface area contributed by atoms with Gasteiger partial charge in [-0.1, -0.05) is 26.2 Å². The van der Waals surface area contributed by atoms with Gasteiger partial charge >= 0.3 is 0 Å². The molecule has 2 heteroatoms. The minimum atomic E-state index is 0.337. The molecule has 2 nitrogen and oxygen atoms in total. The first-order valence-corrected chi connectivity index (χ1v) is 8.42. The van der Waals surface area contributed by atoms with Crippen LogP contribution in [-0.4, -0.2) is 36.6 Å². The molecule has 0 aromatic rings. The Hall–Kier alpha value is -0.0800. The standard InChI is InChI=1S/C17H34N2/c1-5-16(2,3)19(4)14-17(11-7-6-8-12-17)13-18-15-9-10-15/h15,18H,5-14H2,1-4H3. The SMILES string of the molecule is CCC(C)(C)N(C)CC1(CNC2CC2)CCCCC1. The maximum absolute atomic E-state index is 3.82. The van der Waals surface area contributed by atoms with E-state index in [0.29, 0.717) is 11.0 Å². The van der Waals surface area contributed by atoms with Crippen LogP contribution < -0.4 is 5.32 Å². The van der Waals surface area contributed by atoms with Crippen LogP contribution in [0.25, 0.3) is 0 Å². The van der Waals surface area contributed by atoms with Crippen LogP contribution in [0.2, 0.25) is 0 Å². The molecule has 2 rings (SSSR count). The fourth-order valence-electron chi connectivity index (χ4n) is 3.33. The molecule has 0 amide bonds. The van der Waals surface area contributed by atoms with Crippen molar-refractivity contribution in [2.75, 3.05) is 20.1 Å². The van der Waals surface area contributed by atoms with E-state index in [0.717, 1.165) is 6.04 Å². The fourth-order valence-corrected chi connectivity index (χ4v) is 3.33. The Balaban J connectivity index is 1.95. The van der Waals surface area contributed by atoms with Crippen LogP contribution in [0.3, 0.4) is 0 Å². The number of rotatable bonds is 7. The van der Waals surface area contributed by atoms with Gasteiger partial charge in [-0.25, -0.2) is 0 Å². The molecular weight excluding hydrogens is 232 g/mol. The molecule has 0 aliphatic heterocycles. The average Bonchev–Trinajstić information content (AvgIpc) is 3.21. The summed E-state index contributed by atoms with van der Waals surface area (Å²) in [6.07, 6.45) is 11.2. The Morgan fingerprint density at radius 2 is 1.79 bits per heavy atom. The van der Waals surface area contributed by atoms with Gasteiger partial charge in [0.15, 0.2) is 0 Å². The number of hydrogen-bond donors (Lipinski definition) is 1. The summed E-state index contributed by atoms with van der Waals surface area (Å²) in [7, 11) is 2.33. The lowest BCUT2D eigenvalue weighted by Gasteiger charge is -2.45. The summed E-state index contributed by atoms with van der Waals surface area (Å²) >= 11 is 0. The Bertz CT molecular complexity index is 275. The summed E-state index contributed by atoms with van der Waals surface area (Å²) < 4.78 is 0. The Morgan fingerprint density at radius 1 is 1.16 bits per heavy atom. The minimum Gasteiger partial charge on any atom is -0.313 e. The van der Waals surface area contributed by atoms with Gasteiger partial charge in [0.2, 0.25) is 0 Å². The van der Waals surface area contributed by atoms with E-state index in [1.807, 2.05) is 0 Å². The van der Waals surface area contributed by atoms with Crippen LogP contribution in [0.4, 0.5) is 0 Å². The fraction of sp³-hybridized carbons (Fsp3) is 1.00. The number of hydrogen-bond acceptors (Lipinski definition) is 2. The van der Waals surface area contributed by atoms with Crippen LogP contribution in [0, 0.1) is 5.41 Å². The van der Waals surface area contributed by atoms with E-state index < -0.39 is 0 Å². The third kappa shape index (κ3) is 4.19. The predicted octanol–water partition coefficient (Wildman–Crippen LogP) is 3.81. The van der Waals surface area contributed by atoms with E-state index in [1.54, 1.807) is 0 Å². The second-order valence-corrected chi connectivity index (χ2v) is 7.74. The Morgan fingerprint density at radius 3 is 2.32 bits per heavy atom. The molecule has 2 aliphatic rings. The highest BCUT2D eigenvalue weighted by Crippen LogP contribution is 2.38. The second kappa shape index (κ2) is 6.13. The van der Waals surface area contributed by atoms with E-state index in [1.165, 1.54) is 64.5 Å². The Labute approximate surface area is 120 Å². The van der Waals surface area contributed by atoms with Crippen molar-refractivity contribution in [2.45, 2.75) is 83.7 Å². The van der Waals surface area contributed by atoms with E-state index >= 15 is 0 Å². The van der Waals surface area contributed by atoms with Crippen LogP contribution >= 0.6 is 0 Å². The summed E-state index contributed by atoms with van der Waals surface area (Å²) in [5.41, 5.74) is 0.881. The van der Waals surface area contributed by atoms with Crippen molar-refractivity contribution in [3.63, 3.8) is 0 Å². The van der Waals surface area contributed by atoms with Crippen molar-refractivity contribution in [2.24, 2.45) is 5.41 Å². The van der Waals surface area contributed by atoms with E-state index in [-0.39, 0.29) is 0 Å². The molecule has 0 spiro atoms. The number of nitrogens with one attached hydrogen (secondary N) is 1. The summed E-state index contributed by atoms with van der Waals surface area (Å²) in [6, 6.07) is 0.850. The molecule has 19 heavy (non-hydrogen) atoms. The van der Waals surface area contributed by atoms with Crippen LogP contribution in [-0.2, 0) is 0 Å². The van der Waals surface area contributed by atoms with Gasteiger partial charge in [0, 0.05) is 24.7 Å². The molecule has 0 heterocycles. The van der Waals surface area contributed by atoms with Gasteiger partial charge in [0.05, 0.1) is 0 Å². The van der Waals surface area contributed by atoms with Crippen molar-refractivity contribution in [3.05, 3.63) is 0 Å². The van der Waals surface area contributed by atoms with Gasteiger partial charge in [-0.2, -0.15) is 0 Å². The molecule has 0 radical (unpaired) electrons. The summed E-state index contributed by atoms with van der Waals surface area (Å²) in [5.74, 6) is 0. The lowest BCUT2D eigenvalue weighted by atomic mass is 9.73. The molecule has 0 atom stereocenters. The highest BCUT2D eigenvalue weighted by molar-refractivity contribution is 4.93. The van der Waals surface area contributed by atoms with Crippen molar-refractivity contribution in [3.8, 4) is 0 Å². The summed E-state index contributed by atoms with van der Waals surface area (Å²) in [6.45, 7) is 9.61. The van der Waals surface area contributed by atoms with Crippen molar-refractivity contribution >= 4 is 0 Å². The van der Waals surface area contributed by atoms with Gasteiger partial charge in [-0.15, -0.1) is 0 Å². The van der Waals surface area contributed by atoms with Crippen molar-refractivity contribution in [1.82, 2.24) is 10.2 Å². The smallest absolute Gasteiger partial charge is 0.0147 e. The second-order valence-electron chi connectivity index (χ2n) is 7.74. The third-order valence-electron chi connectivity index (χ3n) is 5.73. The molecule has 0 saturated heterocycles. The normalized spacial score (nSPS) is 23.8. The number of nitrogens with zero attached hydrogens (tertiary/aromatic N) is 1. The van der Waals surface area contributed by atoms with Crippen LogP contribution in [0.5, 0.6) is 0 Å². The van der Waals surface area contributed by atoms with E-state index in [4.69, 9.17) is 0 Å². The van der Waals surface area contributed by atoms with E-state index in [9.17, 15) is 0 Å². The largest absolute Gasteiger partial charge is 0.313 e. The van der Waals surface area contributed by atoms with Gasteiger partial charge in [0.1, 0.15) is 0 Å². The first-order chi connectivity index (χ1) is 8.97. The molecule has 0 aromatic carbocycles. The molecule has 0 aromatic heterocycles. The zero-order valence-electron chi connectivity index (χ0n) is 13.6. The van der Waals surface area contributed by atoms with Gasteiger partial charge < -0.3 is 10.2 Å². The van der Waals surface area contributed by atoms with Gasteiger partial charge in [-0.3, -0.25) is 0 Å². The summed E-state index contributed by atoms with van der Waals surface area (Å²) in [5, 5.41) is 3.82. The first-order valence-electron chi connectivity index (χ1n) is 8.42. The minimum absolute atomic E-state index is 0.337. The zero-order valence-corrected chi connectivity index (χ0v) is 13.6. The Kier molecular flexibility index (Phi) is 4.94. The molecule has 2 saturated carbocycles. The van der Waals surface area contributed by atoms with Crippen LogP contribution in [0.1, 0.15) is 72.1 Å². The first kappa shape index (κ1) is 15.3.